The molecule has 0 saturated carbocycles. The third kappa shape index (κ3) is 2.54. The molecule has 1 aromatic heterocycles. The van der Waals surface area contributed by atoms with Gasteiger partial charge in [0.15, 0.2) is 0 Å². The first kappa shape index (κ1) is 14.5. The van der Waals surface area contributed by atoms with Gasteiger partial charge in [0, 0.05) is 11.0 Å². The Morgan fingerprint density at radius 3 is 2.32 bits per heavy atom. The van der Waals surface area contributed by atoms with E-state index in [0.717, 1.165) is 0 Å². The summed E-state index contributed by atoms with van der Waals surface area (Å²) < 4.78 is 29.9. The predicted octanol–water partition coefficient (Wildman–Crippen LogP) is 4.83. The Labute approximate surface area is 123 Å². The summed E-state index contributed by atoms with van der Waals surface area (Å²) in [6.07, 6.45) is 0.610. The zero-order valence-electron chi connectivity index (χ0n) is 10.5. The van der Waals surface area contributed by atoms with Crippen LogP contribution in [-0.4, -0.2) is 9.78 Å². The van der Waals surface area contributed by atoms with E-state index in [2.05, 4.69) is 21.0 Å². The summed E-state index contributed by atoms with van der Waals surface area (Å²) in [5.41, 5.74) is 0.797. The van der Waals surface area contributed by atoms with E-state index in [9.17, 15) is 8.78 Å². The molecule has 6 heteroatoms. The molecule has 0 aliphatic heterocycles. The zero-order valence-corrected chi connectivity index (χ0v) is 12.8. The van der Waals surface area contributed by atoms with E-state index in [0.29, 0.717) is 33.8 Å². The minimum atomic E-state index is -0.661. The van der Waals surface area contributed by atoms with Crippen molar-refractivity contribution in [3.8, 4) is 11.3 Å². The molecule has 0 bridgehead atoms. The van der Waals surface area contributed by atoms with E-state index in [4.69, 9.17) is 11.6 Å². The van der Waals surface area contributed by atoms with Crippen LogP contribution in [0.3, 0.4) is 0 Å². The molecule has 19 heavy (non-hydrogen) atoms. The molecule has 0 saturated heterocycles. The third-order valence-electron chi connectivity index (χ3n) is 2.84. The van der Waals surface area contributed by atoms with Crippen LogP contribution in [0.4, 0.5) is 8.78 Å². The number of hydrogen-bond donors (Lipinski definition) is 0. The highest BCUT2D eigenvalue weighted by molar-refractivity contribution is 9.10. The quantitative estimate of drug-likeness (QED) is 0.776. The molecule has 0 atom stereocenters. The maximum absolute atomic E-state index is 14.0. The fourth-order valence-corrected chi connectivity index (χ4v) is 2.72. The molecule has 0 aliphatic carbocycles. The van der Waals surface area contributed by atoms with E-state index in [-0.39, 0.29) is 5.56 Å². The second kappa shape index (κ2) is 5.59. The van der Waals surface area contributed by atoms with Crippen LogP contribution >= 0.6 is 27.5 Å². The van der Waals surface area contributed by atoms with E-state index >= 15 is 0 Å². The van der Waals surface area contributed by atoms with Gasteiger partial charge in [0.25, 0.3) is 0 Å². The first-order valence-electron chi connectivity index (χ1n) is 5.89. The molecule has 2 aromatic rings. The SMILES string of the molecule is CCc1nn(CC)c(-c2c(F)cc(Br)cc2F)c1Cl. The molecule has 1 heterocycles. The van der Waals surface area contributed by atoms with Gasteiger partial charge < -0.3 is 0 Å². The van der Waals surface area contributed by atoms with Gasteiger partial charge in [-0.1, -0.05) is 34.5 Å². The number of nitrogens with zero attached hydrogens (tertiary/aromatic N) is 2. The number of halogens is 4. The maximum atomic E-state index is 14.0. The largest absolute Gasteiger partial charge is 0.263 e. The number of aromatic nitrogens is 2. The summed E-state index contributed by atoms with van der Waals surface area (Å²) in [5, 5.41) is 4.58. The van der Waals surface area contributed by atoms with Crippen molar-refractivity contribution in [3.05, 3.63) is 39.0 Å². The molecule has 0 amide bonds. The van der Waals surface area contributed by atoms with Gasteiger partial charge >= 0.3 is 0 Å². The minimum Gasteiger partial charge on any atom is -0.263 e. The number of rotatable bonds is 3. The Hall–Kier alpha value is -0.940. The van der Waals surface area contributed by atoms with Gasteiger partial charge in [0.2, 0.25) is 0 Å². The van der Waals surface area contributed by atoms with Gasteiger partial charge in [-0.2, -0.15) is 5.10 Å². The van der Waals surface area contributed by atoms with Crippen molar-refractivity contribution in [1.29, 1.82) is 0 Å². The van der Waals surface area contributed by atoms with Crippen LogP contribution in [0.25, 0.3) is 11.3 Å². The third-order valence-corrected chi connectivity index (χ3v) is 3.69. The van der Waals surface area contributed by atoms with Crippen LogP contribution < -0.4 is 0 Å². The standard InChI is InChI=1S/C13H12BrClF2N2/c1-3-10-12(15)13(19(4-2)18-10)11-8(16)5-7(14)6-9(11)17/h5-6H,3-4H2,1-2H3. The second-order valence-corrected chi connectivity index (χ2v) is 5.32. The van der Waals surface area contributed by atoms with Crippen LogP contribution in [0, 0.1) is 11.6 Å². The van der Waals surface area contributed by atoms with Crippen molar-refractivity contribution in [3.63, 3.8) is 0 Å². The van der Waals surface area contributed by atoms with Crippen molar-refractivity contribution in [2.75, 3.05) is 0 Å². The molecule has 2 nitrogen and oxygen atoms in total. The Balaban J connectivity index is 2.75. The normalized spacial score (nSPS) is 11.1. The lowest BCUT2D eigenvalue weighted by atomic mass is 10.1. The van der Waals surface area contributed by atoms with Crippen LogP contribution in [0.1, 0.15) is 19.5 Å². The van der Waals surface area contributed by atoms with Gasteiger partial charge in [-0.05, 0) is 25.5 Å². The number of hydrogen-bond acceptors (Lipinski definition) is 1. The molecule has 2 rings (SSSR count). The maximum Gasteiger partial charge on any atom is 0.136 e. The molecule has 0 aliphatic rings. The van der Waals surface area contributed by atoms with Crippen molar-refractivity contribution >= 4 is 27.5 Å². The monoisotopic (exact) mass is 348 g/mol. The van der Waals surface area contributed by atoms with E-state index in [1.54, 1.807) is 0 Å². The molecule has 0 spiro atoms. The van der Waals surface area contributed by atoms with Crippen molar-refractivity contribution in [1.82, 2.24) is 9.78 Å². The Bertz CT molecular complexity index is 602. The highest BCUT2D eigenvalue weighted by Crippen LogP contribution is 2.35. The Morgan fingerprint density at radius 2 is 1.84 bits per heavy atom. The number of aryl methyl sites for hydroxylation is 2. The molecule has 0 unspecified atom stereocenters. The molecule has 0 N–H and O–H groups in total. The Kier molecular flexibility index (Phi) is 4.26. The van der Waals surface area contributed by atoms with Gasteiger partial charge in [-0.25, -0.2) is 8.78 Å². The topological polar surface area (TPSA) is 17.8 Å². The molecular weight excluding hydrogens is 338 g/mol. The highest BCUT2D eigenvalue weighted by atomic mass is 79.9. The molecule has 0 radical (unpaired) electrons. The average molecular weight is 350 g/mol. The summed E-state index contributed by atoms with van der Waals surface area (Å²) in [5.74, 6) is -1.32. The lowest BCUT2D eigenvalue weighted by molar-refractivity contribution is 0.579. The molecule has 102 valence electrons. The van der Waals surface area contributed by atoms with Gasteiger partial charge in [-0.15, -0.1) is 0 Å². The minimum absolute atomic E-state index is 0.137. The van der Waals surface area contributed by atoms with Gasteiger partial charge in [0.05, 0.1) is 22.0 Å². The van der Waals surface area contributed by atoms with Crippen LogP contribution in [-0.2, 0) is 13.0 Å². The summed E-state index contributed by atoms with van der Waals surface area (Å²) in [7, 11) is 0. The number of benzene rings is 1. The summed E-state index contributed by atoms with van der Waals surface area (Å²) in [4.78, 5) is 0. The van der Waals surface area contributed by atoms with Crippen molar-refractivity contribution < 1.29 is 8.78 Å². The van der Waals surface area contributed by atoms with Crippen LogP contribution in [0.5, 0.6) is 0 Å². The lowest BCUT2D eigenvalue weighted by Gasteiger charge is -2.08. The zero-order chi connectivity index (χ0) is 14.2. The second-order valence-electron chi connectivity index (χ2n) is 4.02. The van der Waals surface area contributed by atoms with Crippen molar-refractivity contribution in [2.24, 2.45) is 0 Å². The van der Waals surface area contributed by atoms with Gasteiger partial charge in [-0.3, -0.25) is 4.68 Å². The van der Waals surface area contributed by atoms with E-state index in [1.165, 1.54) is 16.8 Å². The first-order valence-corrected chi connectivity index (χ1v) is 7.06. The predicted molar refractivity (Wildman–Crippen MR) is 75.3 cm³/mol. The lowest BCUT2D eigenvalue weighted by Crippen LogP contribution is -2.02. The van der Waals surface area contributed by atoms with E-state index < -0.39 is 11.6 Å². The summed E-state index contributed by atoms with van der Waals surface area (Å²) in [6, 6.07) is 2.43. The summed E-state index contributed by atoms with van der Waals surface area (Å²) in [6.45, 7) is 4.23. The Morgan fingerprint density at radius 1 is 1.26 bits per heavy atom. The summed E-state index contributed by atoms with van der Waals surface area (Å²) >= 11 is 9.26. The van der Waals surface area contributed by atoms with Crippen LogP contribution in [0.15, 0.2) is 16.6 Å². The van der Waals surface area contributed by atoms with E-state index in [1.807, 2.05) is 13.8 Å². The van der Waals surface area contributed by atoms with Crippen molar-refractivity contribution in [2.45, 2.75) is 26.8 Å². The van der Waals surface area contributed by atoms with Gasteiger partial charge in [0.1, 0.15) is 11.6 Å². The fourth-order valence-electron chi connectivity index (χ4n) is 1.95. The first-order chi connectivity index (χ1) is 8.99. The fraction of sp³-hybridized carbons (Fsp3) is 0.308. The molecule has 0 fully saturated rings. The highest BCUT2D eigenvalue weighted by Gasteiger charge is 2.22. The molecular formula is C13H12BrClF2N2. The molecule has 1 aromatic carbocycles. The van der Waals surface area contributed by atoms with Crippen LogP contribution in [0.2, 0.25) is 5.02 Å². The smallest absolute Gasteiger partial charge is 0.136 e. The average Bonchev–Trinajstić information content (AvgIpc) is 2.65.